The summed E-state index contributed by atoms with van der Waals surface area (Å²) in [5.74, 6) is 2.01. The molecule has 0 atom stereocenters. The summed E-state index contributed by atoms with van der Waals surface area (Å²) < 4.78 is 5.75. The van der Waals surface area contributed by atoms with Gasteiger partial charge < -0.3 is 10.1 Å². The van der Waals surface area contributed by atoms with Crippen molar-refractivity contribution in [3.8, 4) is 5.75 Å². The Balaban J connectivity index is 2.01. The Hall–Kier alpha value is -0.670. The van der Waals surface area contributed by atoms with E-state index in [1.807, 2.05) is 11.8 Å². The molecule has 0 radical (unpaired) electrons. The summed E-state index contributed by atoms with van der Waals surface area (Å²) in [5, 5.41) is 3.56. The third kappa shape index (κ3) is 5.07. The van der Waals surface area contributed by atoms with Crippen molar-refractivity contribution in [2.75, 3.05) is 7.11 Å². The van der Waals surface area contributed by atoms with E-state index in [0.29, 0.717) is 0 Å². The van der Waals surface area contributed by atoms with Crippen molar-refractivity contribution >= 4 is 11.8 Å². The molecule has 0 spiro atoms. The lowest BCUT2D eigenvalue weighted by molar-refractivity contribution is 0.411. The first-order valence-corrected chi connectivity index (χ1v) is 7.99. The lowest BCUT2D eigenvalue weighted by Gasteiger charge is -2.19. The highest BCUT2D eigenvalue weighted by Crippen LogP contribution is 2.31. The van der Waals surface area contributed by atoms with Gasteiger partial charge in [0.1, 0.15) is 5.75 Å². The molecule has 0 amide bonds. The summed E-state index contributed by atoms with van der Waals surface area (Å²) >= 11 is 1.96. The number of hydrogen-bond donors (Lipinski definition) is 1. The first-order valence-electron chi connectivity index (χ1n) is 7.01. The number of methoxy groups -OCH3 is 1. The molecule has 1 aromatic rings. The molecule has 1 fully saturated rings. The van der Waals surface area contributed by atoms with Gasteiger partial charge in [-0.1, -0.05) is 26.8 Å². The van der Waals surface area contributed by atoms with Crippen LogP contribution in [0.5, 0.6) is 5.75 Å². The van der Waals surface area contributed by atoms with Crippen LogP contribution >= 0.6 is 11.8 Å². The number of hydrogen-bond acceptors (Lipinski definition) is 3. The first kappa shape index (κ1) is 14.7. The Morgan fingerprint density at radius 2 is 2.05 bits per heavy atom. The molecule has 1 N–H and O–H groups in total. The Bertz CT molecular complexity index is 421. The largest absolute Gasteiger partial charge is 0.496 e. The second kappa shape index (κ2) is 6.19. The normalized spacial score (nSPS) is 15.6. The van der Waals surface area contributed by atoms with Crippen LogP contribution in [0.4, 0.5) is 0 Å². The SMILES string of the molecule is COc1ccc(CNC2CC2)cc1CSC(C)(C)C. The molecule has 1 aliphatic carbocycles. The van der Waals surface area contributed by atoms with Gasteiger partial charge in [0.25, 0.3) is 0 Å². The van der Waals surface area contributed by atoms with E-state index in [-0.39, 0.29) is 4.75 Å². The van der Waals surface area contributed by atoms with Crippen LogP contribution in [0.25, 0.3) is 0 Å². The number of benzene rings is 1. The van der Waals surface area contributed by atoms with Gasteiger partial charge in [0.2, 0.25) is 0 Å². The molecule has 0 unspecified atom stereocenters. The molecule has 1 aliphatic rings. The van der Waals surface area contributed by atoms with Crippen molar-refractivity contribution in [1.82, 2.24) is 5.32 Å². The van der Waals surface area contributed by atoms with E-state index in [9.17, 15) is 0 Å². The maximum absolute atomic E-state index is 5.47. The second-order valence-corrected chi connectivity index (χ2v) is 8.00. The topological polar surface area (TPSA) is 21.3 Å². The van der Waals surface area contributed by atoms with E-state index in [1.165, 1.54) is 24.0 Å². The van der Waals surface area contributed by atoms with Gasteiger partial charge in [0.15, 0.2) is 0 Å². The highest BCUT2D eigenvalue weighted by Gasteiger charge is 2.20. The van der Waals surface area contributed by atoms with Crippen LogP contribution in [-0.2, 0) is 12.3 Å². The van der Waals surface area contributed by atoms with Gasteiger partial charge in [-0.2, -0.15) is 11.8 Å². The minimum absolute atomic E-state index is 0.285. The standard InChI is InChI=1S/C16H25NOS/c1-16(2,3)19-11-13-9-12(5-8-15(13)18-4)10-17-14-6-7-14/h5,8-9,14,17H,6-7,10-11H2,1-4H3. The van der Waals surface area contributed by atoms with Crippen molar-refractivity contribution in [2.24, 2.45) is 0 Å². The zero-order chi connectivity index (χ0) is 13.9. The van der Waals surface area contributed by atoms with Crippen LogP contribution < -0.4 is 10.1 Å². The molecule has 1 saturated carbocycles. The second-order valence-electron chi connectivity index (χ2n) is 6.20. The third-order valence-corrected chi connectivity index (χ3v) is 4.50. The smallest absolute Gasteiger partial charge is 0.122 e. The molecule has 2 nitrogen and oxygen atoms in total. The van der Waals surface area contributed by atoms with Crippen molar-refractivity contribution < 1.29 is 4.74 Å². The molecule has 19 heavy (non-hydrogen) atoms. The van der Waals surface area contributed by atoms with Crippen LogP contribution in [0, 0.1) is 0 Å². The van der Waals surface area contributed by atoms with Gasteiger partial charge in [-0.15, -0.1) is 0 Å². The summed E-state index contributed by atoms with van der Waals surface area (Å²) in [6.45, 7) is 7.73. The van der Waals surface area contributed by atoms with Gasteiger partial charge in [-0.05, 0) is 30.5 Å². The van der Waals surface area contributed by atoms with Crippen LogP contribution in [0.15, 0.2) is 18.2 Å². The van der Waals surface area contributed by atoms with Crippen molar-refractivity contribution in [1.29, 1.82) is 0 Å². The molecule has 106 valence electrons. The molecule has 1 aromatic carbocycles. The van der Waals surface area contributed by atoms with E-state index in [2.05, 4.69) is 44.3 Å². The zero-order valence-corrected chi connectivity index (χ0v) is 13.3. The van der Waals surface area contributed by atoms with Gasteiger partial charge in [0, 0.05) is 28.6 Å². The van der Waals surface area contributed by atoms with Crippen LogP contribution in [0.3, 0.4) is 0 Å². The fraction of sp³-hybridized carbons (Fsp3) is 0.625. The molecule has 2 rings (SSSR count). The fourth-order valence-electron chi connectivity index (χ4n) is 1.90. The van der Waals surface area contributed by atoms with Crippen molar-refractivity contribution in [2.45, 2.75) is 56.7 Å². The van der Waals surface area contributed by atoms with Crippen LogP contribution in [0.1, 0.15) is 44.7 Å². The van der Waals surface area contributed by atoms with E-state index >= 15 is 0 Å². The Kier molecular flexibility index (Phi) is 4.80. The molecule has 3 heteroatoms. The summed E-state index contributed by atoms with van der Waals surface area (Å²) in [6.07, 6.45) is 2.67. The maximum Gasteiger partial charge on any atom is 0.122 e. The van der Waals surface area contributed by atoms with E-state index < -0.39 is 0 Å². The lowest BCUT2D eigenvalue weighted by Crippen LogP contribution is -2.15. The molecule has 0 saturated heterocycles. The Morgan fingerprint density at radius 1 is 1.32 bits per heavy atom. The average Bonchev–Trinajstić information content (AvgIpc) is 3.17. The number of rotatable bonds is 6. The van der Waals surface area contributed by atoms with E-state index in [4.69, 9.17) is 4.74 Å². The molecular weight excluding hydrogens is 254 g/mol. The van der Waals surface area contributed by atoms with Gasteiger partial charge >= 0.3 is 0 Å². The average molecular weight is 279 g/mol. The van der Waals surface area contributed by atoms with E-state index in [1.54, 1.807) is 7.11 Å². The minimum Gasteiger partial charge on any atom is -0.496 e. The zero-order valence-electron chi connectivity index (χ0n) is 12.5. The third-order valence-electron chi connectivity index (χ3n) is 3.18. The monoisotopic (exact) mass is 279 g/mol. The highest BCUT2D eigenvalue weighted by molar-refractivity contribution is 7.99. The van der Waals surface area contributed by atoms with Crippen LogP contribution in [-0.4, -0.2) is 17.9 Å². The van der Waals surface area contributed by atoms with E-state index in [0.717, 1.165) is 24.1 Å². The number of nitrogens with one attached hydrogen (secondary N) is 1. The highest BCUT2D eigenvalue weighted by atomic mass is 32.2. The van der Waals surface area contributed by atoms with Gasteiger partial charge in [-0.3, -0.25) is 0 Å². The lowest BCUT2D eigenvalue weighted by atomic mass is 10.1. The molecule has 0 aliphatic heterocycles. The Labute approximate surface area is 121 Å². The van der Waals surface area contributed by atoms with Crippen molar-refractivity contribution in [3.63, 3.8) is 0 Å². The molecular formula is C16H25NOS. The predicted molar refractivity (Wildman–Crippen MR) is 83.9 cm³/mol. The van der Waals surface area contributed by atoms with Gasteiger partial charge in [-0.25, -0.2) is 0 Å². The first-order chi connectivity index (χ1) is 8.98. The van der Waals surface area contributed by atoms with Crippen LogP contribution in [0.2, 0.25) is 0 Å². The Morgan fingerprint density at radius 3 is 2.63 bits per heavy atom. The maximum atomic E-state index is 5.47. The summed E-state index contributed by atoms with van der Waals surface area (Å²) in [4.78, 5) is 0. The summed E-state index contributed by atoms with van der Waals surface area (Å²) in [7, 11) is 1.75. The molecule has 0 heterocycles. The fourth-order valence-corrected chi connectivity index (χ4v) is 2.71. The predicted octanol–water partition coefficient (Wildman–Crippen LogP) is 3.98. The number of ether oxygens (including phenoxy) is 1. The summed E-state index contributed by atoms with van der Waals surface area (Å²) in [6, 6.07) is 7.31. The van der Waals surface area contributed by atoms with Crippen molar-refractivity contribution in [3.05, 3.63) is 29.3 Å². The summed E-state index contributed by atoms with van der Waals surface area (Å²) in [5.41, 5.74) is 2.66. The molecule has 0 bridgehead atoms. The quantitative estimate of drug-likeness (QED) is 0.851. The van der Waals surface area contributed by atoms with Gasteiger partial charge in [0.05, 0.1) is 7.11 Å². The number of thioether (sulfide) groups is 1. The molecule has 0 aromatic heterocycles. The minimum atomic E-state index is 0.285.